The van der Waals surface area contributed by atoms with E-state index in [0.29, 0.717) is 25.6 Å². The number of hydrogen-bond acceptors (Lipinski definition) is 3. The average molecular weight is 242 g/mol. The van der Waals surface area contributed by atoms with E-state index < -0.39 is 5.54 Å². The molecule has 0 aromatic rings. The van der Waals surface area contributed by atoms with Crippen molar-refractivity contribution in [2.24, 2.45) is 11.7 Å². The molecule has 17 heavy (non-hydrogen) atoms. The van der Waals surface area contributed by atoms with Crippen LogP contribution in [0.15, 0.2) is 0 Å². The Kier molecular flexibility index (Phi) is 5.40. The normalized spacial score (nSPS) is 29.1. The summed E-state index contributed by atoms with van der Waals surface area (Å²) in [6, 6.07) is 0. The van der Waals surface area contributed by atoms with Gasteiger partial charge in [0.25, 0.3) is 0 Å². The lowest BCUT2D eigenvalue weighted by molar-refractivity contribution is -0.139. The molecule has 2 atom stereocenters. The smallest absolute Gasteiger partial charge is 0.242 e. The highest BCUT2D eigenvalue weighted by Gasteiger charge is 2.39. The summed E-state index contributed by atoms with van der Waals surface area (Å²) in [7, 11) is 1.65. The molecule has 1 amide bonds. The van der Waals surface area contributed by atoms with Crippen LogP contribution in [0.4, 0.5) is 0 Å². The number of amides is 1. The second kappa shape index (κ2) is 6.36. The molecule has 0 aromatic heterocycles. The van der Waals surface area contributed by atoms with E-state index in [1.54, 1.807) is 7.11 Å². The molecule has 2 N–H and O–H groups in total. The summed E-state index contributed by atoms with van der Waals surface area (Å²) in [5.74, 6) is 0.655. The fourth-order valence-electron chi connectivity index (χ4n) is 2.71. The third-order valence-electron chi connectivity index (χ3n) is 3.69. The summed E-state index contributed by atoms with van der Waals surface area (Å²) < 4.78 is 5.03. The van der Waals surface area contributed by atoms with Gasteiger partial charge in [0, 0.05) is 20.2 Å². The predicted molar refractivity (Wildman–Crippen MR) is 68.7 cm³/mol. The molecule has 4 heteroatoms. The number of nitrogens with zero attached hydrogens (tertiary/aromatic N) is 1. The van der Waals surface area contributed by atoms with Crippen molar-refractivity contribution in [3.8, 4) is 0 Å². The highest BCUT2D eigenvalue weighted by Crippen LogP contribution is 2.31. The maximum Gasteiger partial charge on any atom is 0.242 e. The Morgan fingerprint density at radius 3 is 2.82 bits per heavy atom. The van der Waals surface area contributed by atoms with E-state index in [1.807, 2.05) is 11.8 Å². The molecule has 0 saturated heterocycles. The maximum atomic E-state index is 12.4. The van der Waals surface area contributed by atoms with Crippen LogP contribution in [0.5, 0.6) is 0 Å². The zero-order chi connectivity index (χ0) is 12.9. The number of carbonyl (C=O) groups excluding carboxylic acids is 1. The first-order chi connectivity index (χ1) is 8.03. The van der Waals surface area contributed by atoms with Crippen LogP contribution in [0.25, 0.3) is 0 Å². The lowest BCUT2D eigenvalue weighted by Crippen LogP contribution is -2.57. The Labute approximate surface area is 104 Å². The van der Waals surface area contributed by atoms with E-state index in [-0.39, 0.29) is 5.91 Å². The van der Waals surface area contributed by atoms with Gasteiger partial charge in [0.2, 0.25) is 5.91 Å². The van der Waals surface area contributed by atoms with Gasteiger partial charge in [-0.2, -0.15) is 0 Å². The van der Waals surface area contributed by atoms with E-state index in [1.165, 1.54) is 6.42 Å². The Bertz CT molecular complexity index is 258. The Morgan fingerprint density at radius 1 is 1.59 bits per heavy atom. The second-order valence-corrected chi connectivity index (χ2v) is 5.24. The molecule has 1 saturated carbocycles. The molecular weight excluding hydrogens is 216 g/mol. The van der Waals surface area contributed by atoms with Gasteiger partial charge in [0.1, 0.15) is 0 Å². The maximum absolute atomic E-state index is 12.4. The highest BCUT2D eigenvalue weighted by atomic mass is 16.5. The second-order valence-electron chi connectivity index (χ2n) is 5.24. The summed E-state index contributed by atoms with van der Waals surface area (Å²) in [4.78, 5) is 14.3. The van der Waals surface area contributed by atoms with Crippen molar-refractivity contribution in [3.63, 3.8) is 0 Å². The van der Waals surface area contributed by atoms with E-state index in [4.69, 9.17) is 10.5 Å². The summed E-state index contributed by atoms with van der Waals surface area (Å²) in [6.07, 6.45) is 3.89. The van der Waals surface area contributed by atoms with Crippen molar-refractivity contribution in [3.05, 3.63) is 0 Å². The molecule has 0 aliphatic heterocycles. The van der Waals surface area contributed by atoms with Gasteiger partial charge < -0.3 is 15.4 Å². The molecule has 2 unspecified atom stereocenters. The minimum Gasteiger partial charge on any atom is -0.383 e. The van der Waals surface area contributed by atoms with E-state index >= 15 is 0 Å². The number of nitrogens with two attached hydrogens (primary N) is 1. The molecule has 4 nitrogen and oxygen atoms in total. The van der Waals surface area contributed by atoms with E-state index in [0.717, 1.165) is 19.3 Å². The lowest BCUT2D eigenvalue weighted by Gasteiger charge is -2.38. The van der Waals surface area contributed by atoms with Gasteiger partial charge in [0.15, 0.2) is 0 Å². The first kappa shape index (κ1) is 14.5. The molecule has 1 aliphatic rings. The summed E-state index contributed by atoms with van der Waals surface area (Å²) in [6.45, 7) is 6.09. The molecule has 1 aliphatic carbocycles. The molecule has 0 radical (unpaired) electrons. The van der Waals surface area contributed by atoms with Gasteiger partial charge in [-0.05, 0) is 25.7 Å². The summed E-state index contributed by atoms with van der Waals surface area (Å²) >= 11 is 0. The molecule has 0 bridgehead atoms. The third-order valence-corrected chi connectivity index (χ3v) is 3.69. The number of methoxy groups -OCH3 is 1. The fourth-order valence-corrected chi connectivity index (χ4v) is 2.71. The van der Waals surface area contributed by atoms with Gasteiger partial charge >= 0.3 is 0 Å². The fraction of sp³-hybridized carbons (Fsp3) is 0.923. The first-order valence-corrected chi connectivity index (χ1v) is 6.60. The van der Waals surface area contributed by atoms with Crippen LogP contribution in [0.2, 0.25) is 0 Å². The van der Waals surface area contributed by atoms with Crippen molar-refractivity contribution in [2.75, 3.05) is 26.8 Å². The van der Waals surface area contributed by atoms with Crippen LogP contribution in [0.3, 0.4) is 0 Å². The number of rotatable bonds is 5. The standard InChI is InChI=1S/C13H26N2O2/c1-4-15(8-9-17-3)12(16)13(14)7-5-6-11(2)10-13/h11H,4-10,14H2,1-3H3. The van der Waals surface area contributed by atoms with E-state index in [2.05, 4.69) is 6.92 Å². The van der Waals surface area contributed by atoms with E-state index in [9.17, 15) is 4.79 Å². The first-order valence-electron chi connectivity index (χ1n) is 6.60. The van der Waals surface area contributed by atoms with Crippen LogP contribution in [0.1, 0.15) is 39.5 Å². The predicted octanol–water partition coefficient (Wildman–Crippen LogP) is 1.39. The van der Waals surface area contributed by atoms with Crippen LogP contribution in [-0.4, -0.2) is 43.2 Å². The number of carbonyl (C=O) groups is 1. The summed E-state index contributed by atoms with van der Waals surface area (Å²) in [5.41, 5.74) is 5.67. The van der Waals surface area contributed by atoms with Gasteiger partial charge in [-0.1, -0.05) is 19.8 Å². The molecule has 100 valence electrons. The monoisotopic (exact) mass is 242 g/mol. The molecular formula is C13H26N2O2. The minimum atomic E-state index is -0.637. The zero-order valence-electron chi connectivity index (χ0n) is 11.4. The van der Waals surface area contributed by atoms with Crippen LogP contribution >= 0.6 is 0 Å². The SMILES string of the molecule is CCN(CCOC)C(=O)C1(N)CCCC(C)C1. The topological polar surface area (TPSA) is 55.6 Å². The number of ether oxygens (including phenoxy) is 1. The van der Waals surface area contributed by atoms with Crippen LogP contribution in [0, 0.1) is 5.92 Å². The minimum absolute atomic E-state index is 0.101. The lowest BCUT2D eigenvalue weighted by atomic mass is 9.76. The van der Waals surface area contributed by atoms with Gasteiger partial charge in [-0.15, -0.1) is 0 Å². The zero-order valence-corrected chi connectivity index (χ0v) is 11.4. The quantitative estimate of drug-likeness (QED) is 0.792. The highest BCUT2D eigenvalue weighted by molar-refractivity contribution is 5.86. The van der Waals surface area contributed by atoms with Crippen molar-refractivity contribution < 1.29 is 9.53 Å². The molecule has 1 fully saturated rings. The van der Waals surface area contributed by atoms with Crippen molar-refractivity contribution in [2.45, 2.75) is 45.1 Å². The Hall–Kier alpha value is -0.610. The molecule has 0 aromatic carbocycles. The van der Waals surface area contributed by atoms with Crippen molar-refractivity contribution in [1.29, 1.82) is 0 Å². The average Bonchev–Trinajstić information content (AvgIpc) is 2.29. The Balaban J connectivity index is 2.64. The van der Waals surface area contributed by atoms with Crippen molar-refractivity contribution in [1.82, 2.24) is 4.90 Å². The van der Waals surface area contributed by atoms with Gasteiger partial charge in [0.05, 0.1) is 12.1 Å². The largest absolute Gasteiger partial charge is 0.383 e. The number of hydrogen-bond donors (Lipinski definition) is 1. The van der Waals surface area contributed by atoms with Crippen molar-refractivity contribution >= 4 is 5.91 Å². The molecule has 1 rings (SSSR count). The van der Waals surface area contributed by atoms with Gasteiger partial charge in [-0.25, -0.2) is 0 Å². The number of likely N-dealkylation sites (N-methyl/N-ethyl adjacent to an activating group) is 1. The molecule has 0 spiro atoms. The van der Waals surface area contributed by atoms with Crippen LogP contribution < -0.4 is 5.73 Å². The Morgan fingerprint density at radius 2 is 2.29 bits per heavy atom. The molecule has 0 heterocycles. The summed E-state index contributed by atoms with van der Waals surface area (Å²) in [5, 5.41) is 0. The third kappa shape index (κ3) is 3.68. The van der Waals surface area contributed by atoms with Gasteiger partial charge in [-0.3, -0.25) is 4.79 Å². The van der Waals surface area contributed by atoms with Crippen LogP contribution in [-0.2, 0) is 9.53 Å².